The summed E-state index contributed by atoms with van der Waals surface area (Å²) in [7, 11) is 0. The van der Waals surface area contributed by atoms with Crippen LogP contribution in [0.15, 0.2) is 24.3 Å². The Morgan fingerprint density at radius 1 is 1.16 bits per heavy atom. The first-order chi connectivity index (χ1) is 12.3. The molecule has 2 saturated heterocycles. The molecule has 1 unspecified atom stereocenters. The number of benzene rings is 1. The van der Waals surface area contributed by atoms with Crippen molar-refractivity contribution >= 4 is 17.7 Å². The minimum Gasteiger partial charge on any atom is -0.493 e. The molecule has 4 nitrogen and oxygen atoms in total. The number of piperidine rings is 1. The van der Waals surface area contributed by atoms with Crippen LogP contribution in [0.2, 0.25) is 0 Å². The first-order valence-electron chi connectivity index (χ1n) is 9.62. The summed E-state index contributed by atoms with van der Waals surface area (Å²) in [6.45, 7) is 6.76. The average Bonchev–Trinajstić information content (AvgIpc) is 2.88. The Bertz CT molecular complexity index is 560. The maximum atomic E-state index is 13.3. The zero-order chi connectivity index (χ0) is 17.5. The highest BCUT2D eigenvalue weighted by Gasteiger charge is 2.29. The van der Waals surface area contributed by atoms with E-state index in [1.807, 2.05) is 43.0 Å². The van der Waals surface area contributed by atoms with Crippen LogP contribution < -0.4 is 4.74 Å². The lowest BCUT2D eigenvalue weighted by Crippen LogP contribution is -2.49. The van der Waals surface area contributed by atoms with Gasteiger partial charge in [0.2, 0.25) is 0 Å². The molecule has 1 aromatic rings. The van der Waals surface area contributed by atoms with Crippen molar-refractivity contribution in [1.29, 1.82) is 0 Å². The summed E-state index contributed by atoms with van der Waals surface area (Å²) in [5.74, 6) is 3.03. The molecule has 25 heavy (non-hydrogen) atoms. The van der Waals surface area contributed by atoms with Crippen molar-refractivity contribution in [2.45, 2.75) is 38.6 Å². The fourth-order valence-corrected chi connectivity index (χ4v) is 4.82. The van der Waals surface area contributed by atoms with E-state index in [1.165, 1.54) is 32.4 Å². The molecule has 3 rings (SSSR count). The van der Waals surface area contributed by atoms with Crippen molar-refractivity contribution in [3.63, 3.8) is 0 Å². The standard InChI is InChI=1S/C20H30N2O2S/c1-2-24-19-10-5-4-9-18(19)20(23)22-13-8-14-25-16-17(22)15-21-11-6-3-7-12-21/h4-5,9-10,17H,2-3,6-8,11-16H2,1H3. The van der Waals surface area contributed by atoms with Crippen molar-refractivity contribution in [2.24, 2.45) is 0 Å². The van der Waals surface area contributed by atoms with Crippen molar-refractivity contribution in [2.75, 3.05) is 44.3 Å². The first-order valence-corrected chi connectivity index (χ1v) is 10.8. The van der Waals surface area contributed by atoms with Gasteiger partial charge in [0, 0.05) is 18.8 Å². The predicted octanol–water partition coefficient (Wildman–Crippen LogP) is 3.52. The summed E-state index contributed by atoms with van der Waals surface area (Å²) in [4.78, 5) is 18.0. The number of hydrogen-bond donors (Lipinski definition) is 0. The molecule has 2 heterocycles. The van der Waals surface area contributed by atoms with E-state index in [9.17, 15) is 4.79 Å². The van der Waals surface area contributed by atoms with E-state index in [2.05, 4.69) is 9.80 Å². The minimum absolute atomic E-state index is 0.133. The van der Waals surface area contributed by atoms with Crippen LogP contribution in [0.3, 0.4) is 0 Å². The number of thioether (sulfide) groups is 1. The molecule has 1 amide bonds. The summed E-state index contributed by atoms with van der Waals surface area (Å²) in [5, 5.41) is 0. The fourth-order valence-electron chi connectivity index (χ4n) is 3.77. The zero-order valence-corrected chi connectivity index (χ0v) is 16.1. The number of amides is 1. The van der Waals surface area contributed by atoms with Crippen molar-refractivity contribution in [1.82, 2.24) is 9.80 Å². The molecular formula is C20H30N2O2S. The smallest absolute Gasteiger partial charge is 0.257 e. The molecule has 0 bridgehead atoms. The molecule has 1 atom stereocenters. The van der Waals surface area contributed by atoms with Gasteiger partial charge in [-0.25, -0.2) is 0 Å². The molecule has 0 aromatic heterocycles. The second-order valence-corrected chi connectivity index (χ2v) is 8.02. The third-order valence-electron chi connectivity index (χ3n) is 5.03. The maximum absolute atomic E-state index is 13.3. The van der Waals surface area contributed by atoms with E-state index in [0.29, 0.717) is 24.0 Å². The van der Waals surface area contributed by atoms with E-state index >= 15 is 0 Å². The Kier molecular flexibility index (Phi) is 7.05. The van der Waals surface area contributed by atoms with Gasteiger partial charge >= 0.3 is 0 Å². The van der Waals surface area contributed by atoms with Gasteiger partial charge in [0.05, 0.1) is 18.2 Å². The summed E-state index contributed by atoms with van der Waals surface area (Å²) in [6, 6.07) is 7.98. The Balaban J connectivity index is 1.77. The minimum atomic E-state index is 0.133. The highest BCUT2D eigenvalue weighted by Crippen LogP contribution is 2.25. The number of likely N-dealkylation sites (tertiary alicyclic amines) is 1. The van der Waals surface area contributed by atoms with Gasteiger partial charge in [-0.2, -0.15) is 11.8 Å². The summed E-state index contributed by atoms with van der Waals surface area (Å²) in [6.07, 6.45) is 5.01. The lowest BCUT2D eigenvalue weighted by molar-refractivity contribution is 0.0641. The molecule has 2 fully saturated rings. The second-order valence-electron chi connectivity index (χ2n) is 6.87. The van der Waals surface area contributed by atoms with Gasteiger partial charge in [-0.05, 0) is 57.2 Å². The highest BCUT2D eigenvalue weighted by molar-refractivity contribution is 7.99. The summed E-state index contributed by atoms with van der Waals surface area (Å²) in [5.41, 5.74) is 0.708. The topological polar surface area (TPSA) is 32.8 Å². The van der Waals surface area contributed by atoms with Crippen molar-refractivity contribution in [3.05, 3.63) is 29.8 Å². The lowest BCUT2D eigenvalue weighted by Gasteiger charge is -2.36. The lowest BCUT2D eigenvalue weighted by atomic mass is 10.1. The summed E-state index contributed by atoms with van der Waals surface area (Å²) >= 11 is 1.99. The van der Waals surface area contributed by atoms with Gasteiger partial charge in [0.25, 0.3) is 5.91 Å². The van der Waals surface area contributed by atoms with Gasteiger partial charge < -0.3 is 14.5 Å². The van der Waals surface area contributed by atoms with Crippen LogP contribution in [-0.4, -0.2) is 66.0 Å². The van der Waals surface area contributed by atoms with Crippen LogP contribution in [-0.2, 0) is 0 Å². The molecule has 2 aliphatic heterocycles. The number of ether oxygens (including phenoxy) is 1. The quantitative estimate of drug-likeness (QED) is 0.802. The number of para-hydroxylation sites is 1. The van der Waals surface area contributed by atoms with Gasteiger partial charge in [0.15, 0.2) is 0 Å². The third kappa shape index (κ3) is 4.91. The van der Waals surface area contributed by atoms with Crippen LogP contribution in [0.5, 0.6) is 5.75 Å². The number of hydrogen-bond acceptors (Lipinski definition) is 4. The molecular weight excluding hydrogens is 332 g/mol. The monoisotopic (exact) mass is 362 g/mol. The molecule has 0 aliphatic carbocycles. The van der Waals surface area contributed by atoms with Gasteiger partial charge in [-0.15, -0.1) is 0 Å². The Morgan fingerprint density at radius 3 is 2.76 bits per heavy atom. The predicted molar refractivity (Wildman–Crippen MR) is 105 cm³/mol. The van der Waals surface area contributed by atoms with Gasteiger partial charge in [-0.3, -0.25) is 4.79 Å². The molecule has 138 valence electrons. The average molecular weight is 363 g/mol. The number of nitrogens with zero attached hydrogens (tertiary/aromatic N) is 2. The van der Waals surface area contributed by atoms with Crippen molar-refractivity contribution < 1.29 is 9.53 Å². The van der Waals surface area contributed by atoms with Crippen LogP contribution >= 0.6 is 11.8 Å². The van der Waals surface area contributed by atoms with Gasteiger partial charge in [-0.1, -0.05) is 18.6 Å². The van der Waals surface area contributed by atoms with Crippen LogP contribution in [0, 0.1) is 0 Å². The Morgan fingerprint density at radius 2 is 1.96 bits per heavy atom. The Labute approximate surface area is 155 Å². The first kappa shape index (κ1) is 18.6. The summed E-state index contributed by atoms with van der Waals surface area (Å²) < 4.78 is 5.70. The maximum Gasteiger partial charge on any atom is 0.257 e. The second kappa shape index (κ2) is 9.48. The SMILES string of the molecule is CCOc1ccccc1C(=O)N1CCCSCC1CN1CCCCC1. The Hall–Kier alpha value is -1.20. The number of rotatable bonds is 5. The molecule has 5 heteroatoms. The van der Waals surface area contributed by atoms with Crippen LogP contribution in [0.4, 0.5) is 0 Å². The normalized spacial score (nSPS) is 22.4. The molecule has 0 N–H and O–H groups in total. The molecule has 1 aromatic carbocycles. The molecule has 0 saturated carbocycles. The van der Waals surface area contributed by atoms with E-state index in [1.54, 1.807) is 0 Å². The van der Waals surface area contributed by atoms with Crippen molar-refractivity contribution in [3.8, 4) is 5.75 Å². The molecule has 2 aliphatic rings. The largest absolute Gasteiger partial charge is 0.493 e. The third-order valence-corrected chi connectivity index (χ3v) is 6.23. The van der Waals surface area contributed by atoms with E-state index in [-0.39, 0.29) is 5.91 Å². The molecule has 0 spiro atoms. The zero-order valence-electron chi connectivity index (χ0n) is 15.3. The van der Waals surface area contributed by atoms with Gasteiger partial charge in [0.1, 0.15) is 5.75 Å². The van der Waals surface area contributed by atoms with Crippen LogP contribution in [0.1, 0.15) is 43.0 Å². The van der Waals surface area contributed by atoms with E-state index in [4.69, 9.17) is 4.74 Å². The fraction of sp³-hybridized carbons (Fsp3) is 0.650. The van der Waals surface area contributed by atoms with E-state index < -0.39 is 0 Å². The number of carbonyl (C=O) groups excluding carboxylic acids is 1. The number of carbonyl (C=O) groups is 1. The molecule has 0 radical (unpaired) electrons. The van der Waals surface area contributed by atoms with E-state index in [0.717, 1.165) is 31.0 Å². The highest BCUT2D eigenvalue weighted by atomic mass is 32.2. The van der Waals surface area contributed by atoms with Crippen LogP contribution in [0.25, 0.3) is 0 Å².